The summed E-state index contributed by atoms with van der Waals surface area (Å²) in [6.07, 6.45) is 1.79. The van der Waals surface area contributed by atoms with E-state index in [0.717, 1.165) is 29.5 Å². The van der Waals surface area contributed by atoms with Crippen LogP contribution in [0.3, 0.4) is 0 Å². The predicted octanol–water partition coefficient (Wildman–Crippen LogP) is 4.79. The maximum Gasteiger partial charge on any atom is 0.322 e. The molecule has 0 spiro atoms. The highest BCUT2D eigenvalue weighted by Gasteiger charge is 2.24. The molecule has 1 fully saturated rings. The number of fused-ring (bicyclic) bond motifs is 1. The summed E-state index contributed by atoms with van der Waals surface area (Å²) in [5.74, 6) is 0.730. The molecule has 2 heterocycles. The quantitative estimate of drug-likeness (QED) is 0.536. The zero-order valence-corrected chi connectivity index (χ0v) is 18.7. The van der Waals surface area contributed by atoms with E-state index in [1.54, 1.807) is 29.2 Å². The van der Waals surface area contributed by atoms with Crippen LogP contribution >= 0.6 is 11.6 Å². The van der Waals surface area contributed by atoms with E-state index in [0.29, 0.717) is 36.0 Å². The van der Waals surface area contributed by atoms with Gasteiger partial charge in [-0.3, -0.25) is 4.79 Å². The molecule has 1 saturated heterocycles. The van der Waals surface area contributed by atoms with Crippen molar-refractivity contribution in [1.29, 1.82) is 0 Å². The Morgan fingerprint density at radius 2 is 2.16 bits per heavy atom. The molecule has 0 bridgehead atoms. The molecule has 0 aliphatic carbocycles. The van der Waals surface area contributed by atoms with Crippen molar-refractivity contribution in [3.8, 4) is 5.75 Å². The van der Waals surface area contributed by atoms with Gasteiger partial charge in [0.1, 0.15) is 5.75 Å². The van der Waals surface area contributed by atoms with Crippen LogP contribution in [0.2, 0.25) is 5.02 Å². The van der Waals surface area contributed by atoms with Crippen molar-refractivity contribution >= 4 is 34.2 Å². The van der Waals surface area contributed by atoms with Gasteiger partial charge in [-0.25, -0.2) is 4.79 Å². The molecule has 0 unspecified atom stereocenters. The third-order valence-corrected chi connectivity index (χ3v) is 5.61. The molecule has 8 heteroatoms. The normalized spacial score (nSPS) is 15.6. The van der Waals surface area contributed by atoms with Crippen LogP contribution in [-0.4, -0.2) is 41.8 Å². The number of amides is 2. The van der Waals surface area contributed by atoms with Crippen molar-refractivity contribution < 1.29 is 14.3 Å². The summed E-state index contributed by atoms with van der Waals surface area (Å²) >= 11 is 6.05. The molecule has 2 amide bonds. The molecule has 1 aromatic heterocycles. The fourth-order valence-electron chi connectivity index (χ4n) is 3.83. The van der Waals surface area contributed by atoms with Gasteiger partial charge in [-0.2, -0.15) is 0 Å². The minimum absolute atomic E-state index is 0.0517. The van der Waals surface area contributed by atoms with Gasteiger partial charge in [0.2, 0.25) is 0 Å². The van der Waals surface area contributed by atoms with Crippen molar-refractivity contribution in [2.45, 2.75) is 32.4 Å². The fraction of sp³-hybridized carbons (Fsp3) is 0.333. The lowest BCUT2D eigenvalue weighted by Gasteiger charge is -2.26. The molecule has 4 rings (SSSR count). The van der Waals surface area contributed by atoms with Crippen LogP contribution in [0, 0.1) is 0 Å². The van der Waals surface area contributed by atoms with E-state index in [9.17, 15) is 9.59 Å². The van der Waals surface area contributed by atoms with Crippen LogP contribution in [0.1, 0.15) is 25.3 Å². The number of pyridine rings is 1. The van der Waals surface area contributed by atoms with E-state index >= 15 is 0 Å². The van der Waals surface area contributed by atoms with Gasteiger partial charge >= 0.3 is 6.03 Å². The molecular formula is C24H26ClN3O4. The van der Waals surface area contributed by atoms with Crippen molar-refractivity contribution in [3.05, 3.63) is 69.5 Å². The summed E-state index contributed by atoms with van der Waals surface area (Å²) in [5, 5.41) is 4.25. The molecule has 1 atom stereocenters. The minimum Gasteiger partial charge on any atom is -0.494 e. The number of urea groups is 1. The Bertz CT molecular complexity index is 1160. The largest absolute Gasteiger partial charge is 0.494 e. The molecule has 3 aromatic rings. The van der Waals surface area contributed by atoms with Crippen LogP contribution in [0.4, 0.5) is 10.5 Å². The number of aromatic nitrogens is 1. The lowest BCUT2D eigenvalue weighted by atomic mass is 10.1. The number of anilines is 1. The number of ether oxygens (including phenoxy) is 2. The van der Waals surface area contributed by atoms with Gasteiger partial charge in [0.05, 0.1) is 19.3 Å². The van der Waals surface area contributed by atoms with Crippen LogP contribution in [-0.2, 0) is 11.3 Å². The molecule has 1 aliphatic heterocycles. The number of hydrogen-bond acceptors (Lipinski definition) is 4. The van der Waals surface area contributed by atoms with Gasteiger partial charge < -0.3 is 24.7 Å². The van der Waals surface area contributed by atoms with Crippen LogP contribution in [0.15, 0.2) is 53.3 Å². The number of carbonyl (C=O) groups excluding carboxylic acids is 1. The molecule has 2 aromatic carbocycles. The minimum atomic E-state index is -0.315. The lowest BCUT2D eigenvalue weighted by Crippen LogP contribution is -2.40. The molecule has 1 aliphatic rings. The first kappa shape index (κ1) is 22.2. The maximum absolute atomic E-state index is 13.1. The summed E-state index contributed by atoms with van der Waals surface area (Å²) in [4.78, 5) is 30.4. The first-order valence-corrected chi connectivity index (χ1v) is 11.1. The molecule has 2 N–H and O–H groups in total. The molecule has 168 valence electrons. The summed E-state index contributed by atoms with van der Waals surface area (Å²) in [6, 6.07) is 14.0. The van der Waals surface area contributed by atoms with Crippen LogP contribution < -0.4 is 15.6 Å². The highest BCUT2D eigenvalue weighted by molar-refractivity contribution is 6.30. The lowest BCUT2D eigenvalue weighted by molar-refractivity contribution is 0.0818. The van der Waals surface area contributed by atoms with Gasteiger partial charge in [-0.1, -0.05) is 17.7 Å². The second-order valence-electron chi connectivity index (χ2n) is 7.76. The van der Waals surface area contributed by atoms with E-state index in [1.807, 2.05) is 31.2 Å². The predicted molar refractivity (Wildman–Crippen MR) is 126 cm³/mol. The Kier molecular flexibility index (Phi) is 6.97. The number of rotatable bonds is 7. The number of nitrogens with one attached hydrogen (secondary N) is 2. The highest BCUT2D eigenvalue weighted by Crippen LogP contribution is 2.21. The number of halogens is 1. The van der Waals surface area contributed by atoms with E-state index in [1.165, 1.54) is 0 Å². The Morgan fingerprint density at radius 1 is 1.28 bits per heavy atom. The first-order chi connectivity index (χ1) is 15.5. The number of aromatic amines is 1. The topological polar surface area (TPSA) is 83.7 Å². The van der Waals surface area contributed by atoms with E-state index in [4.69, 9.17) is 21.1 Å². The first-order valence-electron chi connectivity index (χ1n) is 10.7. The average molecular weight is 456 g/mol. The molecule has 32 heavy (non-hydrogen) atoms. The van der Waals surface area contributed by atoms with Gasteiger partial charge in [-0.15, -0.1) is 0 Å². The van der Waals surface area contributed by atoms with E-state index in [-0.39, 0.29) is 24.2 Å². The maximum atomic E-state index is 13.1. The Hall–Kier alpha value is -3.03. The Morgan fingerprint density at radius 3 is 2.91 bits per heavy atom. The molecule has 0 radical (unpaired) electrons. The number of benzene rings is 2. The van der Waals surface area contributed by atoms with Crippen LogP contribution in [0.5, 0.6) is 5.75 Å². The Labute approximate surface area is 191 Å². The number of carbonyl (C=O) groups is 1. The second-order valence-corrected chi connectivity index (χ2v) is 8.20. The number of hydrogen-bond donors (Lipinski definition) is 2. The Balaban J connectivity index is 1.60. The standard InChI is InChI=1S/C24H26ClN3O4/c1-2-31-20-8-9-22-16(12-20)11-17(23(29)27-22)14-28(15-21-7-4-10-32-21)24(30)26-19-6-3-5-18(25)13-19/h3,5-6,8-9,11-13,21H,2,4,7,10,14-15H2,1H3,(H,26,30)(H,27,29)/t21-/m0/s1. The van der Waals surface area contributed by atoms with E-state index in [2.05, 4.69) is 10.3 Å². The van der Waals surface area contributed by atoms with Gasteiger partial charge in [0.15, 0.2) is 0 Å². The van der Waals surface area contributed by atoms with Gasteiger partial charge in [0.25, 0.3) is 5.56 Å². The number of H-pyrrole nitrogens is 1. The van der Waals surface area contributed by atoms with Gasteiger partial charge in [-0.05, 0) is 62.2 Å². The third-order valence-electron chi connectivity index (χ3n) is 5.38. The van der Waals surface area contributed by atoms with Crippen LogP contribution in [0.25, 0.3) is 10.9 Å². The molecule has 0 saturated carbocycles. The smallest absolute Gasteiger partial charge is 0.322 e. The van der Waals surface area contributed by atoms with Crippen molar-refractivity contribution in [2.75, 3.05) is 25.1 Å². The average Bonchev–Trinajstić information content (AvgIpc) is 3.27. The second kappa shape index (κ2) is 10.1. The molecule has 7 nitrogen and oxygen atoms in total. The number of nitrogens with zero attached hydrogens (tertiary/aromatic N) is 1. The zero-order valence-electron chi connectivity index (χ0n) is 17.9. The monoisotopic (exact) mass is 455 g/mol. The summed E-state index contributed by atoms with van der Waals surface area (Å²) in [7, 11) is 0. The highest BCUT2D eigenvalue weighted by atomic mass is 35.5. The van der Waals surface area contributed by atoms with E-state index < -0.39 is 0 Å². The summed E-state index contributed by atoms with van der Waals surface area (Å²) < 4.78 is 11.3. The SMILES string of the molecule is CCOc1ccc2[nH]c(=O)c(CN(C[C@@H]3CCCO3)C(=O)Nc3cccc(Cl)c3)cc2c1. The van der Waals surface area contributed by atoms with Crippen molar-refractivity contribution in [3.63, 3.8) is 0 Å². The van der Waals surface area contributed by atoms with Crippen molar-refractivity contribution in [1.82, 2.24) is 9.88 Å². The van der Waals surface area contributed by atoms with Gasteiger partial charge in [0, 0.05) is 40.3 Å². The molecular weight excluding hydrogens is 430 g/mol. The summed E-state index contributed by atoms with van der Waals surface area (Å²) in [6.45, 7) is 3.70. The fourth-order valence-corrected chi connectivity index (χ4v) is 4.02. The van der Waals surface area contributed by atoms with Crippen molar-refractivity contribution in [2.24, 2.45) is 0 Å². The summed E-state index contributed by atoms with van der Waals surface area (Å²) in [5.41, 5.74) is 1.57. The zero-order chi connectivity index (χ0) is 22.5. The third kappa shape index (κ3) is 5.41.